The summed E-state index contributed by atoms with van der Waals surface area (Å²) in [6, 6.07) is 0. The number of nitrogens with one attached hydrogen (secondary N) is 2. The van der Waals surface area contributed by atoms with Gasteiger partial charge in [-0.05, 0) is 58.9 Å². The molecular formula is C19H35N3O4. The van der Waals surface area contributed by atoms with Gasteiger partial charge in [0.2, 0.25) is 5.91 Å². The zero-order chi connectivity index (χ0) is 19.2. The number of nitrogens with zero attached hydrogens (tertiary/aromatic N) is 1. The third kappa shape index (κ3) is 7.50. The predicted octanol–water partition coefficient (Wildman–Crippen LogP) is 1.91. The highest BCUT2D eigenvalue weighted by Gasteiger charge is 2.31. The maximum atomic E-state index is 12.3. The third-order valence-corrected chi connectivity index (χ3v) is 4.74. The van der Waals surface area contributed by atoms with E-state index < -0.39 is 17.8 Å². The summed E-state index contributed by atoms with van der Waals surface area (Å²) in [6.07, 6.45) is 2.99. The summed E-state index contributed by atoms with van der Waals surface area (Å²) in [4.78, 5) is 26.3. The van der Waals surface area contributed by atoms with Crippen LogP contribution in [0.15, 0.2) is 0 Å². The van der Waals surface area contributed by atoms with Gasteiger partial charge in [0.05, 0.1) is 6.10 Å². The minimum atomic E-state index is -0.519. The average Bonchev–Trinajstić information content (AvgIpc) is 3.00. The van der Waals surface area contributed by atoms with Gasteiger partial charge in [0.1, 0.15) is 11.7 Å². The second kappa shape index (κ2) is 9.55. The molecule has 2 aliphatic heterocycles. The molecular weight excluding hydrogens is 334 g/mol. The smallest absolute Gasteiger partial charge is 0.407 e. The van der Waals surface area contributed by atoms with Crippen molar-refractivity contribution in [3.8, 4) is 0 Å². The SMILES string of the molecule is C[C@@H]1CCCN(CCNC(=O)[C@@H]2CC[C@H](CNC(=O)OC(C)(C)C)O2)C1. The maximum absolute atomic E-state index is 12.3. The Labute approximate surface area is 157 Å². The van der Waals surface area contributed by atoms with Crippen LogP contribution in [0.25, 0.3) is 0 Å². The number of likely N-dealkylation sites (tertiary alicyclic amines) is 1. The van der Waals surface area contributed by atoms with Gasteiger partial charge in [-0.15, -0.1) is 0 Å². The quantitative estimate of drug-likeness (QED) is 0.748. The number of alkyl carbamates (subject to hydrolysis) is 1. The van der Waals surface area contributed by atoms with Crippen LogP contribution in [0.3, 0.4) is 0 Å². The van der Waals surface area contributed by atoms with Gasteiger partial charge >= 0.3 is 6.09 Å². The van der Waals surface area contributed by atoms with E-state index in [1.165, 1.54) is 12.8 Å². The largest absolute Gasteiger partial charge is 0.444 e. The number of rotatable bonds is 6. The molecule has 0 spiro atoms. The van der Waals surface area contributed by atoms with Crippen molar-refractivity contribution in [2.45, 2.75) is 71.2 Å². The highest BCUT2D eigenvalue weighted by Crippen LogP contribution is 2.19. The summed E-state index contributed by atoms with van der Waals surface area (Å²) in [5, 5.41) is 5.69. The van der Waals surface area contributed by atoms with Crippen LogP contribution < -0.4 is 10.6 Å². The molecule has 150 valence electrons. The Hall–Kier alpha value is -1.34. The van der Waals surface area contributed by atoms with Crippen molar-refractivity contribution in [3.63, 3.8) is 0 Å². The summed E-state index contributed by atoms with van der Waals surface area (Å²) in [6.45, 7) is 11.9. The van der Waals surface area contributed by atoms with E-state index in [2.05, 4.69) is 22.5 Å². The van der Waals surface area contributed by atoms with Gasteiger partial charge in [-0.25, -0.2) is 4.79 Å². The lowest BCUT2D eigenvalue weighted by Gasteiger charge is -2.30. The fraction of sp³-hybridized carbons (Fsp3) is 0.895. The zero-order valence-electron chi connectivity index (χ0n) is 16.7. The minimum absolute atomic E-state index is 0.0465. The van der Waals surface area contributed by atoms with Crippen LogP contribution in [0.5, 0.6) is 0 Å². The normalized spacial score (nSPS) is 27.2. The molecule has 0 bridgehead atoms. The monoisotopic (exact) mass is 369 g/mol. The first-order valence-electron chi connectivity index (χ1n) is 9.85. The summed E-state index contributed by atoms with van der Waals surface area (Å²) >= 11 is 0. The van der Waals surface area contributed by atoms with Crippen LogP contribution in [0.4, 0.5) is 4.79 Å². The second-order valence-corrected chi connectivity index (χ2v) is 8.55. The first kappa shape index (κ1) is 21.0. The van der Waals surface area contributed by atoms with E-state index in [0.717, 1.165) is 32.0 Å². The molecule has 2 amide bonds. The fourth-order valence-corrected chi connectivity index (χ4v) is 3.50. The number of hydrogen-bond donors (Lipinski definition) is 2. The zero-order valence-corrected chi connectivity index (χ0v) is 16.7. The Morgan fingerprint density at radius 3 is 2.65 bits per heavy atom. The van der Waals surface area contributed by atoms with Crippen molar-refractivity contribution >= 4 is 12.0 Å². The van der Waals surface area contributed by atoms with E-state index in [1.807, 2.05) is 20.8 Å². The van der Waals surface area contributed by atoms with Crippen LogP contribution in [0, 0.1) is 5.92 Å². The van der Waals surface area contributed by atoms with E-state index in [4.69, 9.17) is 9.47 Å². The molecule has 0 unspecified atom stereocenters. The lowest BCUT2D eigenvalue weighted by atomic mass is 10.0. The summed E-state index contributed by atoms with van der Waals surface area (Å²) in [5.41, 5.74) is -0.519. The Morgan fingerprint density at radius 2 is 1.96 bits per heavy atom. The Bertz CT molecular complexity index is 478. The van der Waals surface area contributed by atoms with Crippen molar-refractivity contribution in [2.75, 3.05) is 32.7 Å². The Kier molecular flexibility index (Phi) is 7.70. The maximum Gasteiger partial charge on any atom is 0.407 e. The number of ether oxygens (including phenoxy) is 2. The molecule has 0 saturated carbocycles. The van der Waals surface area contributed by atoms with Gasteiger partial charge in [-0.1, -0.05) is 6.92 Å². The Morgan fingerprint density at radius 1 is 1.19 bits per heavy atom. The van der Waals surface area contributed by atoms with Crippen LogP contribution in [-0.2, 0) is 14.3 Å². The molecule has 2 aliphatic rings. The Balaban J connectivity index is 1.60. The van der Waals surface area contributed by atoms with Gasteiger partial charge in [0.15, 0.2) is 0 Å². The molecule has 26 heavy (non-hydrogen) atoms. The average molecular weight is 370 g/mol. The lowest BCUT2D eigenvalue weighted by Crippen LogP contribution is -2.43. The van der Waals surface area contributed by atoms with Gasteiger partial charge in [-0.2, -0.15) is 0 Å². The molecule has 3 atom stereocenters. The van der Waals surface area contributed by atoms with E-state index in [9.17, 15) is 9.59 Å². The first-order valence-corrected chi connectivity index (χ1v) is 9.85. The molecule has 2 N–H and O–H groups in total. The summed E-state index contributed by atoms with van der Waals surface area (Å²) < 4.78 is 11.0. The highest BCUT2D eigenvalue weighted by molar-refractivity contribution is 5.81. The third-order valence-electron chi connectivity index (χ3n) is 4.74. The first-order chi connectivity index (χ1) is 12.2. The van der Waals surface area contributed by atoms with Crippen molar-refractivity contribution in [1.29, 1.82) is 0 Å². The number of hydrogen-bond acceptors (Lipinski definition) is 5. The van der Waals surface area contributed by atoms with Crippen LogP contribution in [0.2, 0.25) is 0 Å². The fourth-order valence-electron chi connectivity index (χ4n) is 3.50. The number of amides is 2. The molecule has 2 fully saturated rings. The molecule has 0 aliphatic carbocycles. The van der Waals surface area contributed by atoms with Crippen molar-refractivity contribution in [1.82, 2.24) is 15.5 Å². The van der Waals surface area contributed by atoms with Gasteiger partial charge in [-0.3, -0.25) is 4.79 Å². The molecule has 0 aromatic heterocycles. The topological polar surface area (TPSA) is 79.9 Å². The molecule has 0 aromatic carbocycles. The molecule has 0 aromatic rings. The number of piperidine rings is 1. The standard InChI is InChI=1S/C19H35N3O4/c1-14-6-5-10-22(13-14)11-9-20-17(23)16-8-7-15(25-16)12-21-18(24)26-19(2,3)4/h14-16H,5-13H2,1-4H3,(H,20,23)(H,21,24)/t14-,15-,16+/m1/s1. The number of carbonyl (C=O) groups is 2. The van der Waals surface area contributed by atoms with Crippen molar-refractivity contribution in [2.24, 2.45) is 5.92 Å². The van der Waals surface area contributed by atoms with E-state index in [0.29, 0.717) is 19.5 Å². The van der Waals surface area contributed by atoms with Crippen molar-refractivity contribution in [3.05, 3.63) is 0 Å². The second-order valence-electron chi connectivity index (χ2n) is 8.55. The van der Waals surface area contributed by atoms with E-state index >= 15 is 0 Å². The van der Waals surface area contributed by atoms with Crippen molar-refractivity contribution < 1.29 is 19.1 Å². The van der Waals surface area contributed by atoms with Crippen LogP contribution in [-0.4, -0.2) is 67.4 Å². The predicted molar refractivity (Wildman–Crippen MR) is 100.0 cm³/mol. The van der Waals surface area contributed by atoms with E-state index in [-0.39, 0.29) is 12.0 Å². The molecule has 2 saturated heterocycles. The highest BCUT2D eigenvalue weighted by atomic mass is 16.6. The van der Waals surface area contributed by atoms with E-state index in [1.54, 1.807) is 0 Å². The van der Waals surface area contributed by atoms with Gasteiger partial charge < -0.3 is 25.0 Å². The lowest BCUT2D eigenvalue weighted by molar-refractivity contribution is -0.131. The molecule has 7 heteroatoms. The van der Waals surface area contributed by atoms with Gasteiger partial charge in [0, 0.05) is 26.2 Å². The number of carbonyl (C=O) groups excluding carboxylic acids is 2. The van der Waals surface area contributed by atoms with Gasteiger partial charge in [0.25, 0.3) is 0 Å². The summed E-state index contributed by atoms with van der Waals surface area (Å²) in [5.74, 6) is 0.700. The molecule has 0 radical (unpaired) electrons. The summed E-state index contributed by atoms with van der Waals surface area (Å²) in [7, 11) is 0. The molecule has 2 heterocycles. The van der Waals surface area contributed by atoms with Crippen LogP contribution in [0.1, 0.15) is 53.4 Å². The minimum Gasteiger partial charge on any atom is -0.444 e. The molecule has 7 nitrogen and oxygen atoms in total. The molecule has 2 rings (SSSR count). The van der Waals surface area contributed by atoms with Crippen LogP contribution >= 0.6 is 0 Å².